The summed E-state index contributed by atoms with van der Waals surface area (Å²) in [5.41, 5.74) is 5.31. The zero-order valence-corrected chi connectivity index (χ0v) is 11.7. The molecule has 110 valence electrons. The SMILES string of the molecule is CN1CCC(NC(=O)c2cn(C)cn2)(C(N)=NO)CC1. The number of piperidine rings is 1. The van der Waals surface area contributed by atoms with Crippen molar-refractivity contribution in [2.75, 3.05) is 20.1 Å². The number of amides is 1. The predicted molar refractivity (Wildman–Crippen MR) is 73.5 cm³/mol. The van der Waals surface area contributed by atoms with Crippen LogP contribution >= 0.6 is 0 Å². The van der Waals surface area contributed by atoms with Crippen molar-refractivity contribution in [2.24, 2.45) is 17.9 Å². The maximum Gasteiger partial charge on any atom is 0.272 e. The maximum atomic E-state index is 12.2. The summed E-state index contributed by atoms with van der Waals surface area (Å²) in [6, 6.07) is 0. The monoisotopic (exact) mass is 280 g/mol. The third-order valence-corrected chi connectivity index (χ3v) is 3.73. The van der Waals surface area contributed by atoms with Crippen LogP contribution in [0.1, 0.15) is 23.3 Å². The van der Waals surface area contributed by atoms with E-state index < -0.39 is 5.54 Å². The number of carbonyl (C=O) groups is 1. The number of aryl methyl sites for hydroxylation is 1. The minimum Gasteiger partial charge on any atom is -0.409 e. The molecule has 0 bridgehead atoms. The number of imidazole rings is 1. The van der Waals surface area contributed by atoms with Crippen molar-refractivity contribution >= 4 is 11.7 Å². The van der Waals surface area contributed by atoms with Gasteiger partial charge in [0.05, 0.1) is 6.33 Å². The van der Waals surface area contributed by atoms with Crippen LogP contribution in [0.5, 0.6) is 0 Å². The highest BCUT2D eigenvalue weighted by Gasteiger charge is 2.40. The third-order valence-electron chi connectivity index (χ3n) is 3.73. The Balaban J connectivity index is 2.18. The van der Waals surface area contributed by atoms with E-state index in [1.807, 2.05) is 7.05 Å². The molecule has 0 radical (unpaired) electrons. The first-order chi connectivity index (χ1) is 9.47. The number of aromatic nitrogens is 2. The number of nitrogens with zero attached hydrogens (tertiary/aromatic N) is 4. The van der Waals surface area contributed by atoms with Gasteiger partial charge in [-0.3, -0.25) is 4.79 Å². The summed E-state index contributed by atoms with van der Waals surface area (Å²) in [6.45, 7) is 1.53. The summed E-state index contributed by atoms with van der Waals surface area (Å²) in [6.07, 6.45) is 4.37. The first kappa shape index (κ1) is 14.3. The Hall–Kier alpha value is -2.09. The van der Waals surface area contributed by atoms with Crippen LogP contribution in [0, 0.1) is 0 Å². The predicted octanol–water partition coefficient (Wildman–Crippen LogP) is -0.639. The molecule has 1 amide bonds. The summed E-state index contributed by atoms with van der Waals surface area (Å²) in [5.74, 6) is -0.281. The molecule has 1 aliphatic heterocycles. The van der Waals surface area contributed by atoms with E-state index >= 15 is 0 Å². The minimum atomic E-state index is -0.810. The van der Waals surface area contributed by atoms with Crippen molar-refractivity contribution < 1.29 is 10.0 Å². The Kier molecular flexibility index (Phi) is 3.93. The van der Waals surface area contributed by atoms with E-state index in [2.05, 4.69) is 20.4 Å². The fraction of sp³-hybridized carbons (Fsp3) is 0.583. The van der Waals surface area contributed by atoms with E-state index in [1.54, 1.807) is 24.1 Å². The van der Waals surface area contributed by atoms with Crippen LogP contribution in [0.4, 0.5) is 0 Å². The van der Waals surface area contributed by atoms with Gasteiger partial charge in [0.25, 0.3) is 5.91 Å². The van der Waals surface area contributed by atoms with Crippen LogP contribution in [0.25, 0.3) is 0 Å². The summed E-state index contributed by atoms with van der Waals surface area (Å²) >= 11 is 0. The van der Waals surface area contributed by atoms with Crippen LogP contribution in [-0.4, -0.2) is 57.1 Å². The smallest absolute Gasteiger partial charge is 0.272 e. The van der Waals surface area contributed by atoms with E-state index in [0.29, 0.717) is 18.5 Å². The van der Waals surface area contributed by atoms with E-state index in [1.165, 1.54) is 0 Å². The number of hydrogen-bond donors (Lipinski definition) is 3. The molecule has 1 aliphatic rings. The molecular formula is C12H20N6O2. The lowest BCUT2D eigenvalue weighted by atomic mass is 9.86. The number of oxime groups is 1. The Morgan fingerprint density at radius 3 is 2.65 bits per heavy atom. The van der Waals surface area contributed by atoms with Crippen molar-refractivity contribution in [1.29, 1.82) is 0 Å². The third kappa shape index (κ3) is 2.74. The first-order valence-electron chi connectivity index (χ1n) is 6.44. The standard InChI is InChI=1S/C12H20N6O2/c1-17-5-3-12(4-6-17,11(13)16-20)15-10(19)9-7-18(2)8-14-9/h7-8,20H,3-6H2,1-2H3,(H2,13,16)(H,15,19). The maximum absolute atomic E-state index is 12.2. The number of rotatable bonds is 3. The molecule has 4 N–H and O–H groups in total. The molecule has 0 aliphatic carbocycles. The Morgan fingerprint density at radius 1 is 1.50 bits per heavy atom. The van der Waals surface area contributed by atoms with Crippen molar-refractivity contribution in [3.05, 3.63) is 18.2 Å². The van der Waals surface area contributed by atoms with Gasteiger partial charge in [-0.25, -0.2) is 4.98 Å². The molecule has 0 saturated carbocycles. The van der Waals surface area contributed by atoms with Crippen molar-refractivity contribution in [3.63, 3.8) is 0 Å². The van der Waals surface area contributed by atoms with Gasteiger partial charge in [-0.1, -0.05) is 5.16 Å². The van der Waals surface area contributed by atoms with Gasteiger partial charge in [-0.2, -0.15) is 0 Å². The van der Waals surface area contributed by atoms with Crippen LogP contribution < -0.4 is 11.1 Å². The van der Waals surface area contributed by atoms with Gasteiger partial charge in [-0.15, -0.1) is 0 Å². The number of nitrogens with one attached hydrogen (secondary N) is 1. The van der Waals surface area contributed by atoms with Crippen LogP contribution in [0.15, 0.2) is 17.7 Å². The lowest BCUT2D eigenvalue weighted by Crippen LogP contribution is -2.62. The zero-order chi connectivity index (χ0) is 14.8. The first-order valence-corrected chi connectivity index (χ1v) is 6.44. The Bertz CT molecular complexity index is 516. The highest BCUT2D eigenvalue weighted by atomic mass is 16.4. The summed E-state index contributed by atoms with van der Waals surface area (Å²) < 4.78 is 1.69. The van der Waals surface area contributed by atoms with E-state index in [-0.39, 0.29) is 11.7 Å². The second kappa shape index (κ2) is 5.49. The molecule has 0 aromatic carbocycles. The average Bonchev–Trinajstić information content (AvgIpc) is 2.87. The normalized spacial score (nSPS) is 19.8. The van der Waals surface area contributed by atoms with Gasteiger partial charge < -0.3 is 25.7 Å². The summed E-state index contributed by atoms with van der Waals surface area (Å²) in [4.78, 5) is 18.4. The van der Waals surface area contributed by atoms with Crippen molar-refractivity contribution in [2.45, 2.75) is 18.4 Å². The van der Waals surface area contributed by atoms with Crippen molar-refractivity contribution in [1.82, 2.24) is 19.8 Å². The topological polar surface area (TPSA) is 109 Å². The van der Waals surface area contributed by atoms with Gasteiger partial charge >= 0.3 is 0 Å². The molecule has 2 rings (SSSR count). The number of carbonyl (C=O) groups excluding carboxylic acids is 1. The number of hydrogen-bond acceptors (Lipinski definition) is 5. The van der Waals surface area contributed by atoms with E-state index in [4.69, 9.17) is 10.9 Å². The molecule has 1 saturated heterocycles. The number of nitrogens with two attached hydrogens (primary N) is 1. The fourth-order valence-corrected chi connectivity index (χ4v) is 2.35. The van der Waals surface area contributed by atoms with Crippen molar-refractivity contribution in [3.8, 4) is 0 Å². The average molecular weight is 280 g/mol. The van der Waals surface area contributed by atoms with Crippen LogP contribution in [-0.2, 0) is 7.05 Å². The molecule has 0 atom stereocenters. The van der Waals surface area contributed by atoms with Gasteiger partial charge in [0.15, 0.2) is 5.84 Å². The lowest BCUT2D eigenvalue weighted by molar-refractivity contribution is 0.0881. The molecule has 1 aromatic rings. The molecule has 1 fully saturated rings. The van der Waals surface area contributed by atoms with Crippen LogP contribution in [0.3, 0.4) is 0 Å². The second-order valence-corrected chi connectivity index (χ2v) is 5.25. The quantitative estimate of drug-likeness (QED) is 0.295. The van der Waals surface area contributed by atoms with Gasteiger partial charge in [0.2, 0.25) is 0 Å². The summed E-state index contributed by atoms with van der Waals surface area (Å²) in [7, 11) is 3.79. The van der Waals surface area contributed by atoms with Gasteiger partial charge in [0.1, 0.15) is 11.2 Å². The fourth-order valence-electron chi connectivity index (χ4n) is 2.35. The molecule has 2 heterocycles. The highest BCUT2D eigenvalue weighted by molar-refractivity contribution is 5.99. The number of amidine groups is 1. The van der Waals surface area contributed by atoms with E-state index in [0.717, 1.165) is 13.1 Å². The Labute approximate surface area is 117 Å². The molecule has 0 unspecified atom stereocenters. The minimum absolute atomic E-state index is 0.0369. The largest absolute Gasteiger partial charge is 0.409 e. The van der Waals surface area contributed by atoms with E-state index in [9.17, 15) is 4.79 Å². The van der Waals surface area contributed by atoms with Gasteiger partial charge in [0, 0.05) is 26.3 Å². The lowest BCUT2D eigenvalue weighted by Gasteiger charge is -2.39. The van der Waals surface area contributed by atoms with Gasteiger partial charge in [-0.05, 0) is 19.9 Å². The zero-order valence-electron chi connectivity index (χ0n) is 11.7. The highest BCUT2D eigenvalue weighted by Crippen LogP contribution is 2.22. The summed E-state index contributed by atoms with van der Waals surface area (Å²) in [5, 5.41) is 15.0. The second-order valence-electron chi connectivity index (χ2n) is 5.25. The molecule has 0 spiro atoms. The van der Waals surface area contributed by atoms with Crippen LogP contribution in [0.2, 0.25) is 0 Å². The molecule has 8 heteroatoms. The Morgan fingerprint density at radius 2 is 2.15 bits per heavy atom. The molecular weight excluding hydrogens is 260 g/mol. The molecule has 1 aromatic heterocycles. The molecule has 8 nitrogen and oxygen atoms in total. The molecule has 20 heavy (non-hydrogen) atoms. The number of likely N-dealkylation sites (tertiary alicyclic amines) is 1.